The largest absolute Gasteiger partial charge is 0.494 e. The highest BCUT2D eigenvalue weighted by atomic mass is 19.1. The molecule has 0 aliphatic heterocycles. The van der Waals surface area contributed by atoms with Gasteiger partial charge in [0.2, 0.25) is 0 Å². The summed E-state index contributed by atoms with van der Waals surface area (Å²) in [5, 5.41) is 3.49. The molecule has 4 nitrogen and oxygen atoms in total. The highest BCUT2D eigenvalue weighted by Crippen LogP contribution is 2.21. The average Bonchev–Trinajstić information content (AvgIpc) is 3.24. The molecule has 0 radical (unpaired) electrons. The minimum Gasteiger partial charge on any atom is -0.494 e. The van der Waals surface area contributed by atoms with Gasteiger partial charge in [-0.2, -0.15) is 0 Å². The van der Waals surface area contributed by atoms with Gasteiger partial charge in [-0.05, 0) is 37.5 Å². The number of imidazole rings is 1. The summed E-state index contributed by atoms with van der Waals surface area (Å²) in [4.78, 5) is 4.37. The molecule has 1 aliphatic rings. The fraction of sp³-hybridized carbons (Fsp3) is 0.438. The van der Waals surface area contributed by atoms with Gasteiger partial charge in [0.05, 0.1) is 12.8 Å². The Morgan fingerprint density at radius 1 is 1.43 bits per heavy atom. The molecule has 1 N–H and O–H groups in total. The van der Waals surface area contributed by atoms with Gasteiger partial charge in [-0.3, -0.25) is 0 Å². The molecule has 21 heavy (non-hydrogen) atoms. The first kappa shape index (κ1) is 14.1. The van der Waals surface area contributed by atoms with Crippen molar-refractivity contribution in [3.63, 3.8) is 0 Å². The van der Waals surface area contributed by atoms with Crippen molar-refractivity contribution in [2.24, 2.45) is 0 Å². The zero-order valence-corrected chi connectivity index (χ0v) is 12.4. The van der Waals surface area contributed by atoms with Crippen LogP contribution in [-0.2, 0) is 13.1 Å². The molecule has 0 spiro atoms. The van der Waals surface area contributed by atoms with Crippen LogP contribution in [0.5, 0.6) is 5.75 Å². The fourth-order valence-corrected chi connectivity index (χ4v) is 2.40. The van der Waals surface area contributed by atoms with Gasteiger partial charge >= 0.3 is 0 Å². The van der Waals surface area contributed by atoms with Crippen molar-refractivity contribution in [2.45, 2.75) is 38.9 Å². The van der Waals surface area contributed by atoms with Crippen LogP contribution in [0.15, 0.2) is 24.4 Å². The van der Waals surface area contributed by atoms with Crippen LogP contribution in [0.2, 0.25) is 0 Å². The van der Waals surface area contributed by atoms with Crippen LogP contribution >= 0.6 is 0 Å². The van der Waals surface area contributed by atoms with Crippen LogP contribution in [-0.4, -0.2) is 22.7 Å². The summed E-state index contributed by atoms with van der Waals surface area (Å²) in [5.74, 6) is 0.890. The zero-order valence-electron chi connectivity index (χ0n) is 12.4. The number of benzene rings is 1. The van der Waals surface area contributed by atoms with Crippen molar-refractivity contribution in [1.29, 1.82) is 0 Å². The van der Waals surface area contributed by atoms with Crippen molar-refractivity contribution in [2.75, 3.05) is 7.11 Å². The molecule has 0 amide bonds. The van der Waals surface area contributed by atoms with E-state index < -0.39 is 0 Å². The molecule has 1 aliphatic carbocycles. The molecule has 5 heteroatoms. The number of hydrogen-bond acceptors (Lipinski definition) is 3. The molecule has 1 aromatic carbocycles. The summed E-state index contributed by atoms with van der Waals surface area (Å²) < 4.78 is 20.9. The van der Waals surface area contributed by atoms with Crippen LogP contribution in [0.25, 0.3) is 0 Å². The van der Waals surface area contributed by atoms with Gasteiger partial charge in [0.15, 0.2) is 11.6 Å². The third kappa shape index (κ3) is 3.24. The van der Waals surface area contributed by atoms with E-state index in [1.807, 2.05) is 19.2 Å². The SMILES string of the molecule is COc1ccc(Cn2c(CNC3CC3)cnc2C)cc1F. The Kier molecular flexibility index (Phi) is 3.92. The second-order valence-corrected chi connectivity index (χ2v) is 5.51. The first-order valence-electron chi connectivity index (χ1n) is 7.24. The molecule has 1 aromatic heterocycles. The molecular weight excluding hydrogens is 269 g/mol. The highest BCUT2D eigenvalue weighted by Gasteiger charge is 2.21. The number of hydrogen-bond donors (Lipinski definition) is 1. The average molecular weight is 289 g/mol. The van der Waals surface area contributed by atoms with E-state index in [9.17, 15) is 4.39 Å². The Morgan fingerprint density at radius 2 is 2.24 bits per heavy atom. The molecule has 2 aromatic rings. The van der Waals surface area contributed by atoms with Gasteiger partial charge in [-0.15, -0.1) is 0 Å². The Hall–Kier alpha value is -1.88. The lowest BCUT2D eigenvalue weighted by atomic mass is 10.2. The van der Waals surface area contributed by atoms with Gasteiger partial charge in [0.1, 0.15) is 5.82 Å². The van der Waals surface area contributed by atoms with E-state index in [1.54, 1.807) is 6.07 Å². The third-order valence-electron chi connectivity index (χ3n) is 3.84. The van der Waals surface area contributed by atoms with Crippen molar-refractivity contribution in [1.82, 2.24) is 14.9 Å². The molecule has 0 unspecified atom stereocenters. The first-order valence-corrected chi connectivity index (χ1v) is 7.24. The van der Waals surface area contributed by atoms with E-state index in [-0.39, 0.29) is 11.6 Å². The normalized spacial score (nSPS) is 14.4. The molecule has 1 fully saturated rings. The topological polar surface area (TPSA) is 39.1 Å². The summed E-state index contributed by atoms with van der Waals surface area (Å²) in [6.45, 7) is 3.40. The lowest BCUT2D eigenvalue weighted by Crippen LogP contribution is -2.18. The molecule has 0 atom stereocenters. The number of aryl methyl sites for hydroxylation is 1. The monoisotopic (exact) mass is 289 g/mol. The number of aromatic nitrogens is 2. The molecule has 1 saturated carbocycles. The number of halogens is 1. The van der Waals surface area contributed by atoms with Crippen molar-refractivity contribution < 1.29 is 9.13 Å². The van der Waals surface area contributed by atoms with Crippen molar-refractivity contribution in [3.8, 4) is 5.75 Å². The molecule has 1 heterocycles. The Balaban J connectivity index is 1.76. The van der Waals surface area contributed by atoms with Gasteiger partial charge in [0, 0.05) is 25.3 Å². The maximum atomic E-state index is 13.8. The minimum absolute atomic E-state index is 0.275. The van der Waals surface area contributed by atoms with E-state index >= 15 is 0 Å². The Bertz CT molecular complexity index is 634. The van der Waals surface area contributed by atoms with Gasteiger partial charge in [0.25, 0.3) is 0 Å². The number of rotatable bonds is 6. The zero-order chi connectivity index (χ0) is 14.8. The molecule has 112 valence electrons. The van der Waals surface area contributed by atoms with E-state index in [0.717, 1.165) is 23.6 Å². The number of nitrogens with zero attached hydrogens (tertiary/aromatic N) is 2. The summed E-state index contributed by atoms with van der Waals surface area (Å²) >= 11 is 0. The number of ether oxygens (including phenoxy) is 1. The summed E-state index contributed by atoms with van der Waals surface area (Å²) in [6, 6.07) is 5.74. The Morgan fingerprint density at radius 3 is 2.90 bits per heavy atom. The molecule has 0 bridgehead atoms. The van der Waals surface area contributed by atoms with Crippen LogP contribution in [0.1, 0.15) is 29.9 Å². The van der Waals surface area contributed by atoms with E-state index in [0.29, 0.717) is 12.6 Å². The second-order valence-electron chi connectivity index (χ2n) is 5.51. The van der Waals surface area contributed by atoms with Crippen LogP contribution in [0, 0.1) is 12.7 Å². The fourth-order valence-electron chi connectivity index (χ4n) is 2.40. The predicted molar refractivity (Wildman–Crippen MR) is 78.9 cm³/mol. The summed E-state index contributed by atoms with van der Waals surface area (Å²) in [6.07, 6.45) is 4.41. The predicted octanol–water partition coefficient (Wildman–Crippen LogP) is 2.64. The quantitative estimate of drug-likeness (QED) is 0.888. The van der Waals surface area contributed by atoms with Crippen LogP contribution < -0.4 is 10.1 Å². The lowest BCUT2D eigenvalue weighted by Gasteiger charge is -2.12. The smallest absolute Gasteiger partial charge is 0.165 e. The maximum absolute atomic E-state index is 13.8. The van der Waals surface area contributed by atoms with Gasteiger partial charge in [-0.1, -0.05) is 6.07 Å². The van der Waals surface area contributed by atoms with Crippen LogP contribution in [0.4, 0.5) is 4.39 Å². The summed E-state index contributed by atoms with van der Waals surface area (Å²) in [5.41, 5.74) is 2.04. The van der Waals surface area contributed by atoms with E-state index in [2.05, 4.69) is 14.9 Å². The second kappa shape index (κ2) is 5.85. The van der Waals surface area contributed by atoms with Crippen LogP contribution in [0.3, 0.4) is 0 Å². The van der Waals surface area contributed by atoms with Gasteiger partial charge < -0.3 is 14.6 Å². The highest BCUT2D eigenvalue weighted by molar-refractivity contribution is 5.29. The molecular formula is C16H20FN3O. The maximum Gasteiger partial charge on any atom is 0.165 e. The number of methoxy groups -OCH3 is 1. The minimum atomic E-state index is -0.328. The van der Waals surface area contributed by atoms with Crippen molar-refractivity contribution >= 4 is 0 Å². The number of nitrogens with one attached hydrogen (secondary N) is 1. The third-order valence-corrected chi connectivity index (χ3v) is 3.84. The standard InChI is InChI=1S/C16H20FN3O/c1-11-18-8-14(9-19-13-4-5-13)20(11)10-12-3-6-16(21-2)15(17)7-12/h3,6-8,13,19H,4-5,9-10H2,1-2H3. The van der Waals surface area contributed by atoms with E-state index in [1.165, 1.54) is 26.0 Å². The Labute approximate surface area is 124 Å². The lowest BCUT2D eigenvalue weighted by molar-refractivity contribution is 0.386. The molecule has 3 rings (SSSR count). The first-order chi connectivity index (χ1) is 10.2. The summed E-state index contributed by atoms with van der Waals surface area (Å²) in [7, 11) is 1.47. The van der Waals surface area contributed by atoms with Gasteiger partial charge in [-0.25, -0.2) is 9.37 Å². The van der Waals surface area contributed by atoms with E-state index in [4.69, 9.17) is 4.74 Å². The van der Waals surface area contributed by atoms with Crippen molar-refractivity contribution in [3.05, 3.63) is 47.3 Å². The molecule has 0 saturated heterocycles.